The zero-order valence-electron chi connectivity index (χ0n) is 11.5. The van der Waals surface area contributed by atoms with Crippen molar-refractivity contribution in [3.05, 3.63) is 22.2 Å². The summed E-state index contributed by atoms with van der Waals surface area (Å²) >= 11 is 11.6. The van der Waals surface area contributed by atoms with Crippen LogP contribution in [0.1, 0.15) is 13.8 Å². The third-order valence-electron chi connectivity index (χ3n) is 2.48. The van der Waals surface area contributed by atoms with Crippen LogP contribution in [0, 0.1) is 16.7 Å². The first kappa shape index (κ1) is 18.4. The van der Waals surface area contributed by atoms with Crippen LogP contribution in [0.3, 0.4) is 0 Å². The molecule has 0 heterocycles. The minimum absolute atomic E-state index is 0.141. The molecule has 0 atom stereocenters. The highest BCUT2D eigenvalue weighted by molar-refractivity contribution is 6.37. The SMILES string of the molecule is CC(C)(C#N)C(=O)Nc1cc(Cl)c(OCC(F)(F)F)c(Cl)c1. The summed E-state index contributed by atoms with van der Waals surface area (Å²) < 4.78 is 40.9. The zero-order chi connectivity index (χ0) is 17.1. The Morgan fingerprint density at radius 2 is 1.82 bits per heavy atom. The molecule has 4 nitrogen and oxygen atoms in total. The van der Waals surface area contributed by atoms with Crippen LogP contribution in [-0.2, 0) is 4.79 Å². The summed E-state index contributed by atoms with van der Waals surface area (Å²) in [7, 11) is 0. The fourth-order valence-electron chi connectivity index (χ4n) is 1.26. The molecule has 1 N–H and O–H groups in total. The third kappa shape index (κ3) is 4.97. The summed E-state index contributed by atoms with van der Waals surface area (Å²) in [5.74, 6) is -0.940. The molecule has 0 aromatic heterocycles. The van der Waals surface area contributed by atoms with Gasteiger partial charge in [-0.3, -0.25) is 4.79 Å². The summed E-state index contributed by atoms with van der Waals surface area (Å²) in [6.45, 7) is 1.28. The lowest BCUT2D eigenvalue weighted by Gasteiger charge is -2.17. The molecule has 0 aliphatic carbocycles. The summed E-state index contributed by atoms with van der Waals surface area (Å²) in [5.41, 5.74) is -1.15. The smallest absolute Gasteiger partial charge is 0.422 e. The number of nitrogens with one attached hydrogen (secondary N) is 1. The molecule has 9 heteroatoms. The average molecular weight is 355 g/mol. The summed E-state index contributed by atoms with van der Waals surface area (Å²) in [6.07, 6.45) is -4.53. The number of carbonyl (C=O) groups is 1. The number of hydrogen-bond acceptors (Lipinski definition) is 3. The minimum Gasteiger partial charge on any atom is -0.481 e. The predicted octanol–water partition coefficient (Wildman–Crippen LogP) is 4.42. The monoisotopic (exact) mass is 354 g/mol. The van der Waals surface area contributed by atoms with Crippen LogP contribution in [0.15, 0.2) is 12.1 Å². The van der Waals surface area contributed by atoms with Crippen LogP contribution in [0.25, 0.3) is 0 Å². The van der Waals surface area contributed by atoms with E-state index in [1.54, 1.807) is 0 Å². The van der Waals surface area contributed by atoms with Crippen molar-refractivity contribution >= 4 is 34.8 Å². The van der Waals surface area contributed by atoms with E-state index >= 15 is 0 Å². The maximum absolute atomic E-state index is 12.1. The lowest BCUT2D eigenvalue weighted by atomic mass is 9.94. The molecule has 0 spiro atoms. The highest BCUT2D eigenvalue weighted by Gasteiger charge is 2.30. The van der Waals surface area contributed by atoms with E-state index in [-0.39, 0.29) is 21.5 Å². The van der Waals surface area contributed by atoms with E-state index in [2.05, 4.69) is 10.1 Å². The van der Waals surface area contributed by atoms with Gasteiger partial charge in [-0.15, -0.1) is 0 Å². The number of halogens is 5. The van der Waals surface area contributed by atoms with Crippen molar-refractivity contribution < 1.29 is 22.7 Å². The molecule has 120 valence electrons. The van der Waals surface area contributed by atoms with Gasteiger partial charge in [0.05, 0.1) is 16.1 Å². The van der Waals surface area contributed by atoms with Crippen LogP contribution >= 0.6 is 23.2 Å². The van der Waals surface area contributed by atoms with E-state index in [4.69, 9.17) is 28.5 Å². The van der Waals surface area contributed by atoms with Gasteiger partial charge in [0.15, 0.2) is 12.4 Å². The molecule has 22 heavy (non-hydrogen) atoms. The fourth-order valence-corrected chi connectivity index (χ4v) is 1.86. The Morgan fingerprint density at radius 1 is 1.32 bits per heavy atom. The highest BCUT2D eigenvalue weighted by Crippen LogP contribution is 2.37. The Bertz CT molecular complexity index is 602. The van der Waals surface area contributed by atoms with Gasteiger partial charge in [-0.25, -0.2) is 0 Å². The summed E-state index contributed by atoms with van der Waals surface area (Å²) in [6, 6.07) is 4.18. The second kappa shape index (κ2) is 6.63. The van der Waals surface area contributed by atoms with Gasteiger partial charge in [0, 0.05) is 5.69 Å². The first-order valence-corrected chi connectivity index (χ1v) is 6.63. The number of hydrogen-bond donors (Lipinski definition) is 1. The molecule has 0 aliphatic rings. The van der Waals surface area contributed by atoms with Crippen molar-refractivity contribution in [2.24, 2.45) is 5.41 Å². The zero-order valence-corrected chi connectivity index (χ0v) is 13.0. The van der Waals surface area contributed by atoms with Crippen molar-refractivity contribution in [2.75, 3.05) is 11.9 Å². The molecule has 0 radical (unpaired) electrons. The maximum atomic E-state index is 12.1. The summed E-state index contributed by atoms with van der Waals surface area (Å²) in [4.78, 5) is 11.8. The number of nitrogens with zero attached hydrogens (tertiary/aromatic N) is 1. The molecule has 1 aromatic carbocycles. The number of alkyl halides is 3. The second-order valence-electron chi connectivity index (χ2n) is 4.86. The van der Waals surface area contributed by atoms with Crippen molar-refractivity contribution in [1.29, 1.82) is 5.26 Å². The van der Waals surface area contributed by atoms with E-state index in [1.165, 1.54) is 26.0 Å². The molecular weight excluding hydrogens is 344 g/mol. The molecule has 0 aliphatic heterocycles. The molecule has 0 saturated carbocycles. The van der Waals surface area contributed by atoms with Gasteiger partial charge >= 0.3 is 6.18 Å². The Kier molecular flexibility index (Phi) is 5.54. The van der Waals surface area contributed by atoms with E-state index in [9.17, 15) is 18.0 Å². The Balaban J connectivity index is 2.95. The van der Waals surface area contributed by atoms with Crippen LogP contribution < -0.4 is 10.1 Å². The van der Waals surface area contributed by atoms with Gasteiger partial charge in [-0.1, -0.05) is 23.2 Å². The van der Waals surface area contributed by atoms with Gasteiger partial charge in [0.1, 0.15) is 5.41 Å². The van der Waals surface area contributed by atoms with Crippen LogP contribution in [0.4, 0.5) is 18.9 Å². The first-order valence-electron chi connectivity index (χ1n) is 5.87. The lowest BCUT2D eigenvalue weighted by Crippen LogP contribution is -2.29. The fraction of sp³-hybridized carbons (Fsp3) is 0.385. The number of amides is 1. The maximum Gasteiger partial charge on any atom is 0.422 e. The Morgan fingerprint density at radius 3 is 2.23 bits per heavy atom. The van der Waals surface area contributed by atoms with Gasteiger partial charge < -0.3 is 10.1 Å². The van der Waals surface area contributed by atoms with Crippen LogP contribution in [0.5, 0.6) is 5.75 Å². The topological polar surface area (TPSA) is 62.1 Å². The largest absolute Gasteiger partial charge is 0.481 e. The molecule has 0 fully saturated rings. The number of nitriles is 1. The molecule has 0 unspecified atom stereocenters. The highest BCUT2D eigenvalue weighted by atomic mass is 35.5. The van der Waals surface area contributed by atoms with Gasteiger partial charge in [0.2, 0.25) is 5.91 Å². The molecule has 0 saturated heterocycles. The Hall–Kier alpha value is -1.65. The van der Waals surface area contributed by atoms with E-state index < -0.39 is 24.1 Å². The minimum atomic E-state index is -4.53. The van der Waals surface area contributed by atoms with E-state index in [0.29, 0.717) is 0 Å². The molecule has 1 rings (SSSR count). The normalized spacial score (nSPS) is 11.7. The number of ether oxygens (including phenoxy) is 1. The van der Waals surface area contributed by atoms with Gasteiger partial charge in [0.25, 0.3) is 0 Å². The number of benzene rings is 1. The quantitative estimate of drug-likeness (QED) is 0.870. The molecular formula is C13H11Cl2F3N2O2. The predicted molar refractivity (Wildman–Crippen MR) is 76.0 cm³/mol. The van der Waals surface area contributed by atoms with Crippen molar-refractivity contribution in [3.63, 3.8) is 0 Å². The number of carbonyl (C=O) groups excluding carboxylic acids is 1. The van der Waals surface area contributed by atoms with Crippen molar-refractivity contribution in [1.82, 2.24) is 0 Å². The first-order chi connectivity index (χ1) is 9.96. The number of rotatable bonds is 4. The second-order valence-corrected chi connectivity index (χ2v) is 5.68. The van der Waals surface area contributed by atoms with Gasteiger partial charge in [-0.2, -0.15) is 18.4 Å². The molecule has 0 bridgehead atoms. The van der Waals surface area contributed by atoms with Crippen LogP contribution in [-0.4, -0.2) is 18.7 Å². The van der Waals surface area contributed by atoms with E-state index in [0.717, 1.165) is 0 Å². The number of anilines is 1. The van der Waals surface area contributed by atoms with E-state index in [1.807, 2.05) is 6.07 Å². The molecule has 1 amide bonds. The summed E-state index contributed by atoms with van der Waals surface area (Å²) in [5, 5.41) is 10.9. The van der Waals surface area contributed by atoms with Gasteiger partial charge in [-0.05, 0) is 26.0 Å². The van der Waals surface area contributed by atoms with Crippen LogP contribution in [0.2, 0.25) is 10.0 Å². The average Bonchev–Trinajstić information content (AvgIpc) is 2.36. The molecule has 1 aromatic rings. The van der Waals surface area contributed by atoms with Crippen molar-refractivity contribution in [2.45, 2.75) is 20.0 Å². The third-order valence-corrected chi connectivity index (χ3v) is 3.04. The lowest BCUT2D eigenvalue weighted by molar-refractivity contribution is -0.153. The Labute approximate surface area is 134 Å². The van der Waals surface area contributed by atoms with Crippen molar-refractivity contribution in [3.8, 4) is 11.8 Å². The standard InChI is InChI=1S/C13H11Cl2F3N2O2/c1-12(2,5-19)11(21)20-7-3-8(14)10(9(15)4-7)22-6-13(16,17)18/h3-4H,6H2,1-2H3,(H,20,21).